The van der Waals surface area contributed by atoms with Crippen molar-refractivity contribution in [2.24, 2.45) is 4.99 Å². The van der Waals surface area contributed by atoms with Crippen LogP contribution in [0.2, 0.25) is 0 Å². The van der Waals surface area contributed by atoms with E-state index in [-0.39, 0.29) is 12.5 Å². The molecule has 3 N–H and O–H groups in total. The molecule has 0 radical (unpaired) electrons. The zero-order valence-electron chi connectivity index (χ0n) is 15.6. The predicted octanol–water partition coefficient (Wildman–Crippen LogP) is 1.68. The maximum atomic E-state index is 11.5. The van der Waals surface area contributed by atoms with Crippen molar-refractivity contribution in [1.82, 2.24) is 16.0 Å². The summed E-state index contributed by atoms with van der Waals surface area (Å²) in [6.45, 7) is 8.77. The number of carbonyl (C=O) groups is 1. The normalized spacial score (nSPS) is 11.0. The molecule has 7 heteroatoms. The molecule has 0 saturated heterocycles. The zero-order chi connectivity index (χ0) is 18.5. The van der Waals surface area contributed by atoms with E-state index in [1.165, 1.54) is 0 Å². The summed E-state index contributed by atoms with van der Waals surface area (Å²) < 4.78 is 10.9. The van der Waals surface area contributed by atoms with Crippen molar-refractivity contribution in [2.45, 2.75) is 33.7 Å². The first-order valence-corrected chi connectivity index (χ1v) is 8.73. The van der Waals surface area contributed by atoms with Gasteiger partial charge in [0, 0.05) is 19.6 Å². The summed E-state index contributed by atoms with van der Waals surface area (Å²) in [5.41, 5.74) is 0.996. The molecule has 0 saturated carbocycles. The van der Waals surface area contributed by atoms with Crippen LogP contribution in [0, 0.1) is 0 Å². The van der Waals surface area contributed by atoms with Gasteiger partial charge in [0.2, 0.25) is 0 Å². The minimum absolute atomic E-state index is 0.0345. The Morgan fingerprint density at radius 1 is 1.08 bits per heavy atom. The van der Waals surface area contributed by atoms with Gasteiger partial charge in [-0.15, -0.1) is 0 Å². The van der Waals surface area contributed by atoms with Crippen LogP contribution in [-0.2, 0) is 11.3 Å². The molecule has 0 aliphatic carbocycles. The highest BCUT2D eigenvalue weighted by Crippen LogP contribution is 2.28. The molecule has 1 aromatic carbocycles. The molecule has 0 bridgehead atoms. The number of hydrogen-bond donors (Lipinski definition) is 3. The molecule has 140 valence electrons. The summed E-state index contributed by atoms with van der Waals surface area (Å²) in [5.74, 6) is 1.76. The highest BCUT2D eigenvalue weighted by atomic mass is 16.5. The molecule has 25 heavy (non-hydrogen) atoms. The monoisotopic (exact) mass is 350 g/mol. The number of guanidine groups is 1. The van der Waals surface area contributed by atoms with E-state index in [0.29, 0.717) is 24.6 Å². The van der Waals surface area contributed by atoms with E-state index in [9.17, 15) is 4.79 Å². The van der Waals surface area contributed by atoms with Crippen LogP contribution in [0.5, 0.6) is 11.5 Å². The van der Waals surface area contributed by atoms with Gasteiger partial charge >= 0.3 is 0 Å². The maximum Gasteiger partial charge on any atom is 0.257 e. The fourth-order valence-electron chi connectivity index (χ4n) is 2.08. The average Bonchev–Trinajstić information content (AvgIpc) is 2.62. The third kappa shape index (κ3) is 7.78. The van der Waals surface area contributed by atoms with Crippen molar-refractivity contribution < 1.29 is 14.3 Å². The average molecular weight is 350 g/mol. The lowest BCUT2D eigenvalue weighted by Gasteiger charge is -2.12. The Kier molecular flexibility index (Phi) is 9.89. The topological polar surface area (TPSA) is 84.0 Å². The van der Waals surface area contributed by atoms with E-state index >= 15 is 0 Å². The molecule has 1 amide bonds. The maximum absolute atomic E-state index is 11.5. The van der Waals surface area contributed by atoms with Crippen LogP contribution in [0.25, 0.3) is 0 Å². The second kappa shape index (κ2) is 12.0. The van der Waals surface area contributed by atoms with Gasteiger partial charge in [0.15, 0.2) is 24.1 Å². The minimum Gasteiger partial charge on any atom is -0.493 e. The standard InChI is InChI=1S/C18H30N4O3/c1-5-10-21-18(20-7-3)22-12-14-8-9-15(16(11-14)24-4)25-13-17(23)19-6-2/h8-9,11H,5-7,10,12-13H2,1-4H3,(H,19,23)(H2,20,21,22). The summed E-state index contributed by atoms with van der Waals surface area (Å²) in [4.78, 5) is 16.1. The van der Waals surface area contributed by atoms with Crippen molar-refractivity contribution in [3.05, 3.63) is 23.8 Å². The Balaban J connectivity index is 2.73. The minimum atomic E-state index is -0.157. The van der Waals surface area contributed by atoms with Crippen LogP contribution in [0.1, 0.15) is 32.8 Å². The number of methoxy groups -OCH3 is 1. The first-order valence-electron chi connectivity index (χ1n) is 8.73. The van der Waals surface area contributed by atoms with Gasteiger partial charge < -0.3 is 25.4 Å². The lowest BCUT2D eigenvalue weighted by Crippen LogP contribution is -2.37. The van der Waals surface area contributed by atoms with E-state index in [1.807, 2.05) is 26.0 Å². The molecule has 1 rings (SSSR count). The van der Waals surface area contributed by atoms with Crippen LogP contribution in [0.15, 0.2) is 23.2 Å². The second-order valence-electron chi connectivity index (χ2n) is 5.35. The molecule has 0 spiro atoms. The summed E-state index contributed by atoms with van der Waals surface area (Å²) in [5, 5.41) is 9.16. The van der Waals surface area contributed by atoms with E-state index in [4.69, 9.17) is 9.47 Å². The summed E-state index contributed by atoms with van der Waals surface area (Å²) in [6.07, 6.45) is 1.04. The van der Waals surface area contributed by atoms with Crippen LogP contribution in [-0.4, -0.2) is 45.2 Å². The number of hydrogen-bond acceptors (Lipinski definition) is 4. The van der Waals surface area contributed by atoms with Crippen LogP contribution >= 0.6 is 0 Å². The van der Waals surface area contributed by atoms with Crippen LogP contribution in [0.4, 0.5) is 0 Å². The van der Waals surface area contributed by atoms with E-state index < -0.39 is 0 Å². The summed E-state index contributed by atoms with van der Waals surface area (Å²) >= 11 is 0. The Morgan fingerprint density at radius 2 is 1.84 bits per heavy atom. The molecule has 0 fully saturated rings. The van der Waals surface area contributed by atoms with Crippen molar-refractivity contribution >= 4 is 11.9 Å². The number of rotatable bonds is 10. The van der Waals surface area contributed by atoms with E-state index in [1.54, 1.807) is 13.2 Å². The number of benzene rings is 1. The Labute approximate surface area is 150 Å². The Hall–Kier alpha value is -2.44. The fraction of sp³-hybridized carbons (Fsp3) is 0.556. The molecule has 0 unspecified atom stereocenters. The zero-order valence-corrected chi connectivity index (χ0v) is 15.6. The van der Waals surface area contributed by atoms with Crippen LogP contribution < -0.4 is 25.4 Å². The number of likely N-dealkylation sites (N-methyl/N-ethyl adjacent to an activating group) is 1. The first kappa shape index (κ1) is 20.6. The smallest absolute Gasteiger partial charge is 0.257 e. The molecule has 0 heterocycles. The third-order valence-corrected chi connectivity index (χ3v) is 3.27. The number of carbonyl (C=O) groups excluding carboxylic acids is 1. The fourth-order valence-corrected chi connectivity index (χ4v) is 2.08. The molecular weight excluding hydrogens is 320 g/mol. The molecule has 0 aliphatic heterocycles. The largest absolute Gasteiger partial charge is 0.493 e. The van der Waals surface area contributed by atoms with E-state index in [2.05, 4.69) is 27.9 Å². The quantitative estimate of drug-likeness (QED) is 0.442. The molecule has 7 nitrogen and oxygen atoms in total. The van der Waals surface area contributed by atoms with Gasteiger partial charge in [0.25, 0.3) is 5.91 Å². The highest BCUT2D eigenvalue weighted by Gasteiger charge is 2.08. The molecule has 0 aromatic heterocycles. The second-order valence-corrected chi connectivity index (χ2v) is 5.35. The Bertz CT molecular complexity index is 561. The SMILES string of the molecule is CCCNC(=NCc1ccc(OCC(=O)NCC)c(OC)c1)NCC. The lowest BCUT2D eigenvalue weighted by atomic mass is 10.2. The first-order chi connectivity index (χ1) is 12.1. The lowest BCUT2D eigenvalue weighted by molar-refractivity contribution is -0.123. The van der Waals surface area contributed by atoms with Gasteiger partial charge in [-0.05, 0) is 38.0 Å². The highest BCUT2D eigenvalue weighted by molar-refractivity contribution is 5.79. The van der Waals surface area contributed by atoms with Crippen LogP contribution in [0.3, 0.4) is 0 Å². The number of aliphatic imine (C=N–C) groups is 1. The molecule has 1 aromatic rings. The number of ether oxygens (including phenoxy) is 2. The number of nitrogens with one attached hydrogen (secondary N) is 3. The summed E-state index contributed by atoms with van der Waals surface area (Å²) in [7, 11) is 1.58. The van der Waals surface area contributed by atoms with Gasteiger partial charge in [0.1, 0.15) is 0 Å². The number of nitrogens with zero attached hydrogens (tertiary/aromatic N) is 1. The predicted molar refractivity (Wildman–Crippen MR) is 100 cm³/mol. The molecule has 0 atom stereocenters. The van der Waals surface area contributed by atoms with Gasteiger partial charge in [0.05, 0.1) is 13.7 Å². The van der Waals surface area contributed by atoms with E-state index in [0.717, 1.165) is 31.0 Å². The van der Waals surface area contributed by atoms with Crippen molar-refractivity contribution in [3.8, 4) is 11.5 Å². The van der Waals surface area contributed by atoms with Crippen molar-refractivity contribution in [1.29, 1.82) is 0 Å². The van der Waals surface area contributed by atoms with Gasteiger partial charge in [-0.1, -0.05) is 13.0 Å². The Morgan fingerprint density at radius 3 is 2.48 bits per heavy atom. The van der Waals surface area contributed by atoms with Gasteiger partial charge in [-0.2, -0.15) is 0 Å². The summed E-state index contributed by atoms with van der Waals surface area (Å²) in [6, 6.07) is 5.59. The molecule has 0 aliphatic rings. The van der Waals surface area contributed by atoms with Crippen molar-refractivity contribution in [3.63, 3.8) is 0 Å². The number of amides is 1. The third-order valence-electron chi connectivity index (χ3n) is 3.27. The molecular formula is C18H30N4O3. The van der Waals surface area contributed by atoms with Gasteiger partial charge in [-0.3, -0.25) is 4.79 Å². The van der Waals surface area contributed by atoms with Gasteiger partial charge in [-0.25, -0.2) is 4.99 Å². The van der Waals surface area contributed by atoms with Crippen molar-refractivity contribution in [2.75, 3.05) is 33.4 Å².